The number of hydrogen-bond donors (Lipinski definition) is 1. The molecule has 3 nitrogen and oxygen atoms in total. The van der Waals surface area contributed by atoms with Crippen LogP contribution in [0, 0.1) is 12.7 Å². The SMILES string of the molecule is Cc1cccc(CN(C)C(CN)c2cc(Br)ccc2F)n1. The number of aryl methyl sites for hydroxylation is 1. The molecule has 5 heteroatoms. The minimum Gasteiger partial charge on any atom is -0.329 e. The molecule has 112 valence electrons. The van der Waals surface area contributed by atoms with Crippen molar-refractivity contribution in [2.45, 2.75) is 19.5 Å². The van der Waals surface area contributed by atoms with Gasteiger partial charge in [0.25, 0.3) is 0 Å². The molecule has 0 spiro atoms. The number of nitrogens with zero attached hydrogens (tertiary/aromatic N) is 2. The zero-order chi connectivity index (χ0) is 15.4. The monoisotopic (exact) mass is 351 g/mol. The molecule has 0 saturated carbocycles. The average Bonchev–Trinajstić information content (AvgIpc) is 2.43. The first kappa shape index (κ1) is 16.1. The summed E-state index contributed by atoms with van der Waals surface area (Å²) in [5, 5.41) is 0. The van der Waals surface area contributed by atoms with Crippen molar-refractivity contribution in [1.29, 1.82) is 0 Å². The fourth-order valence-corrected chi connectivity index (χ4v) is 2.75. The molecule has 0 aliphatic carbocycles. The molecule has 2 rings (SSSR count). The van der Waals surface area contributed by atoms with Gasteiger partial charge < -0.3 is 5.73 Å². The van der Waals surface area contributed by atoms with Gasteiger partial charge in [-0.1, -0.05) is 22.0 Å². The molecule has 0 fully saturated rings. The van der Waals surface area contributed by atoms with Crippen LogP contribution in [0.15, 0.2) is 40.9 Å². The molecular formula is C16H19BrFN3. The van der Waals surface area contributed by atoms with Crippen molar-refractivity contribution < 1.29 is 4.39 Å². The number of nitrogens with two attached hydrogens (primary N) is 1. The van der Waals surface area contributed by atoms with Gasteiger partial charge in [0.1, 0.15) is 5.82 Å². The van der Waals surface area contributed by atoms with E-state index in [1.807, 2.05) is 37.1 Å². The zero-order valence-corrected chi connectivity index (χ0v) is 13.8. The fourth-order valence-electron chi connectivity index (χ4n) is 2.37. The maximum Gasteiger partial charge on any atom is 0.128 e. The molecule has 0 aliphatic heterocycles. The molecule has 2 aromatic rings. The van der Waals surface area contributed by atoms with Gasteiger partial charge in [0.05, 0.1) is 11.7 Å². The van der Waals surface area contributed by atoms with Crippen LogP contribution in [0.3, 0.4) is 0 Å². The second-order valence-electron chi connectivity index (χ2n) is 5.10. The van der Waals surface area contributed by atoms with Crippen LogP contribution in [0.4, 0.5) is 4.39 Å². The minimum absolute atomic E-state index is 0.190. The third-order valence-corrected chi connectivity index (χ3v) is 3.92. The van der Waals surface area contributed by atoms with E-state index in [-0.39, 0.29) is 11.9 Å². The topological polar surface area (TPSA) is 42.1 Å². The molecule has 1 heterocycles. The normalized spacial score (nSPS) is 12.7. The van der Waals surface area contributed by atoms with Crippen LogP contribution in [0.5, 0.6) is 0 Å². The second kappa shape index (κ2) is 7.11. The molecule has 2 N–H and O–H groups in total. The fraction of sp³-hybridized carbons (Fsp3) is 0.312. The van der Waals surface area contributed by atoms with Gasteiger partial charge >= 0.3 is 0 Å². The Morgan fingerprint density at radius 2 is 2.10 bits per heavy atom. The summed E-state index contributed by atoms with van der Waals surface area (Å²) in [5.41, 5.74) is 8.38. The van der Waals surface area contributed by atoms with Crippen molar-refractivity contribution in [2.24, 2.45) is 5.73 Å². The molecule has 0 radical (unpaired) electrons. The van der Waals surface area contributed by atoms with E-state index in [2.05, 4.69) is 20.9 Å². The first-order chi connectivity index (χ1) is 10.0. The number of benzene rings is 1. The molecule has 0 amide bonds. The van der Waals surface area contributed by atoms with Gasteiger partial charge in [-0.05, 0) is 44.3 Å². The highest BCUT2D eigenvalue weighted by molar-refractivity contribution is 9.10. The van der Waals surface area contributed by atoms with E-state index in [9.17, 15) is 4.39 Å². The number of rotatable bonds is 5. The summed E-state index contributed by atoms with van der Waals surface area (Å²) in [6.07, 6.45) is 0. The van der Waals surface area contributed by atoms with Crippen molar-refractivity contribution in [1.82, 2.24) is 9.88 Å². The highest BCUT2D eigenvalue weighted by atomic mass is 79.9. The number of pyridine rings is 1. The van der Waals surface area contributed by atoms with E-state index >= 15 is 0 Å². The summed E-state index contributed by atoms with van der Waals surface area (Å²) in [7, 11) is 1.93. The van der Waals surface area contributed by atoms with Gasteiger partial charge in [0.15, 0.2) is 0 Å². The maximum atomic E-state index is 14.1. The lowest BCUT2D eigenvalue weighted by atomic mass is 10.0. The van der Waals surface area contributed by atoms with Crippen molar-refractivity contribution in [2.75, 3.05) is 13.6 Å². The second-order valence-corrected chi connectivity index (χ2v) is 6.02. The Morgan fingerprint density at radius 1 is 1.33 bits per heavy atom. The average molecular weight is 352 g/mol. The summed E-state index contributed by atoms with van der Waals surface area (Å²) in [5.74, 6) is -0.238. The third-order valence-electron chi connectivity index (χ3n) is 3.43. The smallest absolute Gasteiger partial charge is 0.128 e. The molecule has 0 saturated heterocycles. The van der Waals surface area contributed by atoms with Gasteiger partial charge in [-0.2, -0.15) is 0 Å². The Labute approximate surface area is 133 Å². The quantitative estimate of drug-likeness (QED) is 0.897. The van der Waals surface area contributed by atoms with Crippen molar-refractivity contribution in [3.63, 3.8) is 0 Å². The molecular weight excluding hydrogens is 333 g/mol. The van der Waals surface area contributed by atoms with Crippen LogP contribution >= 0.6 is 15.9 Å². The predicted molar refractivity (Wildman–Crippen MR) is 86.3 cm³/mol. The predicted octanol–water partition coefficient (Wildman–Crippen LogP) is 3.42. The van der Waals surface area contributed by atoms with E-state index in [1.165, 1.54) is 6.07 Å². The molecule has 1 unspecified atom stereocenters. The van der Waals surface area contributed by atoms with Crippen LogP contribution < -0.4 is 5.73 Å². The van der Waals surface area contributed by atoms with Gasteiger partial charge in [-0.3, -0.25) is 9.88 Å². The largest absolute Gasteiger partial charge is 0.329 e. The lowest BCUT2D eigenvalue weighted by Gasteiger charge is -2.27. The Bertz CT molecular complexity index is 618. The molecule has 0 aliphatic rings. The first-order valence-electron chi connectivity index (χ1n) is 6.79. The summed E-state index contributed by atoms with van der Waals surface area (Å²) < 4.78 is 14.9. The Balaban J connectivity index is 2.22. The minimum atomic E-state index is -0.238. The lowest BCUT2D eigenvalue weighted by Crippen LogP contribution is -2.31. The van der Waals surface area contributed by atoms with Gasteiger partial charge in [-0.15, -0.1) is 0 Å². The summed E-state index contributed by atoms with van der Waals surface area (Å²) in [6.45, 7) is 2.92. The highest BCUT2D eigenvalue weighted by Crippen LogP contribution is 2.25. The van der Waals surface area contributed by atoms with Crippen LogP contribution in [0.1, 0.15) is 23.0 Å². The van der Waals surface area contributed by atoms with Crippen molar-refractivity contribution >= 4 is 15.9 Å². The maximum absolute atomic E-state index is 14.1. The van der Waals surface area contributed by atoms with Crippen LogP contribution in [-0.2, 0) is 6.54 Å². The number of hydrogen-bond acceptors (Lipinski definition) is 3. The van der Waals surface area contributed by atoms with E-state index in [4.69, 9.17) is 5.73 Å². The van der Waals surface area contributed by atoms with Crippen LogP contribution in [-0.4, -0.2) is 23.5 Å². The van der Waals surface area contributed by atoms with Gasteiger partial charge in [0.2, 0.25) is 0 Å². The Hall–Kier alpha value is -1.30. The van der Waals surface area contributed by atoms with Crippen LogP contribution in [0.25, 0.3) is 0 Å². The number of aromatic nitrogens is 1. The van der Waals surface area contributed by atoms with Crippen molar-refractivity contribution in [3.05, 3.63) is 63.6 Å². The summed E-state index contributed by atoms with van der Waals surface area (Å²) in [4.78, 5) is 6.50. The van der Waals surface area contributed by atoms with Gasteiger partial charge in [-0.25, -0.2) is 4.39 Å². The summed E-state index contributed by atoms with van der Waals surface area (Å²) >= 11 is 3.38. The lowest BCUT2D eigenvalue weighted by molar-refractivity contribution is 0.234. The Morgan fingerprint density at radius 3 is 2.76 bits per heavy atom. The molecule has 0 bridgehead atoms. The number of likely N-dealkylation sites (N-methyl/N-ethyl adjacent to an activating group) is 1. The van der Waals surface area contributed by atoms with E-state index < -0.39 is 0 Å². The van der Waals surface area contributed by atoms with E-state index in [1.54, 1.807) is 12.1 Å². The Kier molecular flexibility index (Phi) is 5.45. The van der Waals surface area contributed by atoms with Crippen LogP contribution in [0.2, 0.25) is 0 Å². The van der Waals surface area contributed by atoms with E-state index in [0.29, 0.717) is 18.7 Å². The highest BCUT2D eigenvalue weighted by Gasteiger charge is 2.20. The molecule has 1 aromatic carbocycles. The molecule has 1 atom stereocenters. The summed E-state index contributed by atoms with van der Waals surface area (Å²) in [6, 6.07) is 10.6. The zero-order valence-electron chi connectivity index (χ0n) is 12.2. The van der Waals surface area contributed by atoms with Gasteiger partial charge in [0, 0.05) is 28.8 Å². The molecule has 1 aromatic heterocycles. The van der Waals surface area contributed by atoms with E-state index in [0.717, 1.165) is 15.9 Å². The molecule has 21 heavy (non-hydrogen) atoms. The standard InChI is InChI=1S/C16H19BrFN3/c1-11-4-3-5-13(20-11)10-21(2)16(9-19)14-8-12(17)6-7-15(14)18/h3-8,16H,9-10,19H2,1-2H3. The number of halogens is 2. The third kappa shape index (κ3) is 4.09. The van der Waals surface area contributed by atoms with Crippen molar-refractivity contribution in [3.8, 4) is 0 Å². The first-order valence-corrected chi connectivity index (χ1v) is 7.58.